The van der Waals surface area contributed by atoms with E-state index in [0.29, 0.717) is 24.1 Å². The lowest BCUT2D eigenvalue weighted by Crippen LogP contribution is -2.36. The van der Waals surface area contributed by atoms with E-state index in [1.165, 1.54) is 0 Å². The second kappa shape index (κ2) is 7.09. The summed E-state index contributed by atoms with van der Waals surface area (Å²) < 4.78 is 6.38. The van der Waals surface area contributed by atoms with Gasteiger partial charge in [0.25, 0.3) is 5.91 Å². The number of rotatable bonds is 6. The molecule has 1 amide bonds. The molecule has 19 heavy (non-hydrogen) atoms. The molecule has 4 nitrogen and oxygen atoms in total. The zero-order valence-corrected chi connectivity index (χ0v) is 12.5. The molecule has 1 atom stereocenters. The lowest BCUT2D eigenvalue weighted by molar-refractivity contribution is -0.127. The van der Waals surface area contributed by atoms with E-state index >= 15 is 0 Å². The topological polar surface area (TPSA) is 55.4 Å². The van der Waals surface area contributed by atoms with Gasteiger partial charge in [0.15, 0.2) is 12.4 Å². The fraction of sp³-hybridized carbons (Fsp3) is 0.286. The number of carbonyl (C=O) groups is 2. The van der Waals surface area contributed by atoms with Crippen LogP contribution in [0.1, 0.15) is 22.8 Å². The van der Waals surface area contributed by atoms with Crippen LogP contribution in [0.4, 0.5) is 0 Å². The Morgan fingerprint density at radius 3 is 2.84 bits per heavy atom. The summed E-state index contributed by atoms with van der Waals surface area (Å²) in [6, 6.07) is 3.49. The molecule has 5 heteroatoms. The lowest BCUT2D eigenvalue weighted by Gasteiger charge is -2.17. The third-order valence-electron chi connectivity index (χ3n) is 2.48. The Balaban J connectivity index is 2.89. The van der Waals surface area contributed by atoms with Gasteiger partial charge in [0.2, 0.25) is 0 Å². The summed E-state index contributed by atoms with van der Waals surface area (Å²) in [5, 5.41) is 2.64. The van der Waals surface area contributed by atoms with Crippen LogP contribution in [0, 0.1) is 6.92 Å². The molecule has 0 heterocycles. The summed E-state index contributed by atoms with van der Waals surface area (Å²) in [5.74, 6) is 0.179. The molecule has 0 aliphatic carbocycles. The van der Waals surface area contributed by atoms with Crippen molar-refractivity contribution in [3.8, 4) is 5.75 Å². The average Bonchev–Trinajstić information content (AvgIpc) is 2.38. The molecular weight excluding hydrogens is 310 g/mol. The predicted octanol–water partition coefficient (Wildman–Crippen LogP) is 2.64. The van der Waals surface area contributed by atoms with Gasteiger partial charge in [-0.1, -0.05) is 22.0 Å². The first-order chi connectivity index (χ1) is 8.99. The van der Waals surface area contributed by atoms with Gasteiger partial charge in [-0.15, -0.1) is 6.58 Å². The number of benzene rings is 1. The number of aldehydes is 1. The molecule has 1 unspecified atom stereocenters. The number of hydrogen-bond donors (Lipinski definition) is 1. The van der Waals surface area contributed by atoms with Crippen molar-refractivity contribution in [1.82, 2.24) is 5.32 Å². The first-order valence-electron chi connectivity index (χ1n) is 5.80. The van der Waals surface area contributed by atoms with Crippen LogP contribution in [0.3, 0.4) is 0 Å². The number of halogens is 1. The zero-order chi connectivity index (χ0) is 14.4. The molecule has 0 bridgehead atoms. The smallest absolute Gasteiger partial charge is 0.261 e. The molecule has 1 N–H and O–H groups in total. The summed E-state index contributed by atoms with van der Waals surface area (Å²) in [7, 11) is 0. The van der Waals surface area contributed by atoms with Crippen LogP contribution in [-0.2, 0) is 4.79 Å². The fourth-order valence-electron chi connectivity index (χ4n) is 1.55. The minimum atomic E-state index is -0.682. The van der Waals surface area contributed by atoms with Crippen molar-refractivity contribution in [2.24, 2.45) is 0 Å². The molecule has 1 aromatic carbocycles. The number of carbonyl (C=O) groups excluding carboxylic acids is 2. The summed E-state index contributed by atoms with van der Waals surface area (Å²) in [4.78, 5) is 22.7. The number of ether oxygens (including phenoxy) is 1. The van der Waals surface area contributed by atoms with Crippen molar-refractivity contribution in [2.75, 3.05) is 6.54 Å². The quantitative estimate of drug-likeness (QED) is 0.646. The van der Waals surface area contributed by atoms with Gasteiger partial charge in [-0.3, -0.25) is 9.59 Å². The number of aryl methyl sites for hydroxylation is 1. The summed E-state index contributed by atoms with van der Waals surface area (Å²) in [6.45, 7) is 7.36. The molecule has 102 valence electrons. The Bertz CT molecular complexity index is 500. The Kier molecular flexibility index (Phi) is 5.76. The highest BCUT2D eigenvalue weighted by Crippen LogP contribution is 2.27. The highest BCUT2D eigenvalue weighted by Gasteiger charge is 2.17. The van der Waals surface area contributed by atoms with E-state index in [4.69, 9.17) is 4.74 Å². The maximum Gasteiger partial charge on any atom is 0.261 e. The third-order valence-corrected chi connectivity index (χ3v) is 2.94. The van der Waals surface area contributed by atoms with E-state index in [1.807, 2.05) is 13.0 Å². The Morgan fingerprint density at radius 1 is 1.58 bits per heavy atom. The third kappa shape index (κ3) is 4.21. The van der Waals surface area contributed by atoms with Crippen LogP contribution in [-0.4, -0.2) is 24.8 Å². The first kappa shape index (κ1) is 15.4. The zero-order valence-electron chi connectivity index (χ0n) is 10.9. The molecule has 1 rings (SSSR count). The van der Waals surface area contributed by atoms with Gasteiger partial charge in [0.05, 0.1) is 5.56 Å². The normalized spacial score (nSPS) is 11.5. The lowest BCUT2D eigenvalue weighted by atomic mass is 10.1. The van der Waals surface area contributed by atoms with Gasteiger partial charge in [-0.25, -0.2) is 0 Å². The van der Waals surface area contributed by atoms with Crippen LogP contribution in [0.25, 0.3) is 0 Å². The molecule has 0 fully saturated rings. The SMILES string of the molecule is C=CCNC(=O)C(C)Oc1c(C)cc(Br)cc1C=O. The van der Waals surface area contributed by atoms with Crippen LogP contribution < -0.4 is 10.1 Å². The first-order valence-corrected chi connectivity index (χ1v) is 6.59. The Morgan fingerprint density at radius 2 is 2.26 bits per heavy atom. The van der Waals surface area contributed by atoms with Crippen molar-refractivity contribution in [3.05, 3.63) is 40.4 Å². The Labute approximate surface area is 121 Å². The molecule has 0 aliphatic rings. The van der Waals surface area contributed by atoms with Gasteiger partial charge in [-0.2, -0.15) is 0 Å². The molecule has 1 aromatic rings. The van der Waals surface area contributed by atoms with E-state index in [-0.39, 0.29) is 5.91 Å². The minimum absolute atomic E-state index is 0.251. The molecular formula is C14H16BrNO3. The van der Waals surface area contributed by atoms with Gasteiger partial charge in [0.1, 0.15) is 5.75 Å². The number of nitrogens with one attached hydrogen (secondary N) is 1. The standard InChI is InChI=1S/C14H16BrNO3/c1-4-5-16-14(18)10(3)19-13-9(2)6-12(15)7-11(13)8-17/h4,6-8,10H,1,5H2,2-3H3,(H,16,18). The second-order valence-corrected chi connectivity index (χ2v) is 4.97. The number of hydrogen-bond acceptors (Lipinski definition) is 3. The van der Waals surface area contributed by atoms with Crippen molar-refractivity contribution in [3.63, 3.8) is 0 Å². The maximum absolute atomic E-state index is 11.7. The van der Waals surface area contributed by atoms with Crippen molar-refractivity contribution < 1.29 is 14.3 Å². The predicted molar refractivity (Wildman–Crippen MR) is 77.6 cm³/mol. The maximum atomic E-state index is 11.7. The Hall–Kier alpha value is -1.62. The van der Waals surface area contributed by atoms with E-state index in [9.17, 15) is 9.59 Å². The average molecular weight is 326 g/mol. The van der Waals surface area contributed by atoms with Gasteiger partial charge < -0.3 is 10.1 Å². The van der Waals surface area contributed by atoms with Crippen molar-refractivity contribution in [2.45, 2.75) is 20.0 Å². The van der Waals surface area contributed by atoms with Crippen LogP contribution >= 0.6 is 15.9 Å². The summed E-state index contributed by atoms with van der Waals surface area (Å²) in [5.41, 5.74) is 1.20. The monoisotopic (exact) mass is 325 g/mol. The highest BCUT2D eigenvalue weighted by atomic mass is 79.9. The summed E-state index contributed by atoms with van der Waals surface area (Å²) >= 11 is 3.31. The van der Waals surface area contributed by atoms with Crippen molar-refractivity contribution in [1.29, 1.82) is 0 Å². The van der Waals surface area contributed by atoms with Crippen LogP contribution in [0.15, 0.2) is 29.3 Å². The van der Waals surface area contributed by atoms with E-state index in [0.717, 1.165) is 10.0 Å². The molecule has 0 aromatic heterocycles. The molecule has 0 saturated heterocycles. The summed E-state index contributed by atoms with van der Waals surface area (Å²) in [6.07, 6.45) is 1.62. The molecule has 0 aliphatic heterocycles. The number of amides is 1. The van der Waals surface area contributed by atoms with Crippen LogP contribution in [0.2, 0.25) is 0 Å². The largest absolute Gasteiger partial charge is 0.480 e. The van der Waals surface area contributed by atoms with Crippen molar-refractivity contribution >= 4 is 28.1 Å². The molecule has 0 radical (unpaired) electrons. The van der Waals surface area contributed by atoms with E-state index < -0.39 is 6.10 Å². The second-order valence-electron chi connectivity index (χ2n) is 4.05. The minimum Gasteiger partial charge on any atom is -0.480 e. The molecule has 0 saturated carbocycles. The van der Waals surface area contributed by atoms with E-state index in [2.05, 4.69) is 27.8 Å². The molecule has 0 spiro atoms. The van der Waals surface area contributed by atoms with Gasteiger partial charge in [-0.05, 0) is 31.5 Å². The van der Waals surface area contributed by atoms with E-state index in [1.54, 1.807) is 19.1 Å². The van der Waals surface area contributed by atoms with Gasteiger partial charge in [0, 0.05) is 11.0 Å². The van der Waals surface area contributed by atoms with Gasteiger partial charge >= 0.3 is 0 Å². The fourth-order valence-corrected chi connectivity index (χ4v) is 2.14. The van der Waals surface area contributed by atoms with Crippen LogP contribution in [0.5, 0.6) is 5.75 Å². The highest BCUT2D eigenvalue weighted by molar-refractivity contribution is 9.10.